The molecule has 3 heterocycles. The maximum absolute atomic E-state index is 13.7. The van der Waals surface area contributed by atoms with Gasteiger partial charge >= 0.3 is 0 Å². The maximum atomic E-state index is 13.7. The first kappa shape index (κ1) is 30.4. The van der Waals surface area contributed by atoms with Crippen molar-refractivity contribution in [2.24, 2.45) is 0 Å². The summed E-state index contributed by atoms with van der Waals surface area (Å²) in [5, 5.41) is 42.3. The Morgan fingerprint density at radius 3 is 2.52 bits per heavy atom. The van der Waals surface area contributed by atoms with Crippen LogP contribution in [0.1, 0.15) is 16.4 Å². The number of nitrogens with zero attached hydrogens (tertiary/aromatic N) is 3. The summed E-state index contributed by atoms with van der Waals surface area (Å²) in [7, 11) is 1.31. The Bertz CT molecular complexity index is 1360. The number of rotatable bonds is 8. The molecule has 4 N–H and O–H groups in total. The number of hydrogen-bond donors (Lipinski definition) is 4. The van der Waals surface area contributed by atoms with Crippen molar-refractivity contribution in [3.05, 3.63) is 71.7 Å². The van der Waals surface area contributed by atoms with Crippen LogP contribution in [-0.2, 0) is 14.2 Å². The summed E-state index contributed by atoms with van der Waals surface area (Å²) < 4.78 is 59.6. The molecule has 2 fully saturated rings. The molecule has 0 bridgehead atoms. The van der Waals surface area contributed by atoms with Gasteiger partial charge in [-0.15, -0.1) is 16.9 Å². The van der Waals surface area contributed by atoms with Gasteiger partial charge in [0.25, 0.3) is 5.91 Å². The van der Waals surface area contributed by atoms with E-state index < -0.39 is 82.7 Å². The zero-order chi connectivity index (χ0) is 30.0. The third-order valence-corrected chi connectivity index (χ3v) is 8.66. The molecule has 2 aliphatic rings. The summed E-state index contributed by atoms with van der Waals surface area (Å²) in [6, 6.07) is 8.64. The van der Waals surface area contributed by atoms with E-state index in [1.165, 1.54) is 11.8 Å². The third kappa shape index (κ3) is 6.17. The molecule has 0 saturated carbocycles. The largest absolute Gasteiger partial charge is 0.394 e. The second-order valence-electron chi connectivity index (χ2n) is 9.89. The van der Waals surface area contributed by atoms with Crippen molar-refractivity contribution in [2.75, 3.05) is 26.9 Å². The van der Waals surface area contributed by atoms with Crippen molar-refractivity contribution in [3.8, 4) is 11.3 Å². The van der Waals surface area contributed by atoms with Crippen LogP contribution in [0.2, 0.25) is 0 Å². The fourth-order valence-corrected chi connectivity index (χ4v) is 6.49. The van der Waals surface area contributed by atoms with E-state index in [9.17, 15) is 33.3 Å². The Hall–Kier alpha value is -3.05. The number of methoxy groups -OCH3 is 1. The smallest absolute Gasteiger partial charge is 0.251 e. The molecule has 2 aliphatic heterocycles. The first-order valence-electron chi connectivity index (χ1n) is 13.0. The number of thioether (sulfide) groups is 1. The van der Waals surface area contributed by atoms with Crippen LogP contribution >= 0.6 is 11.8 Å². The molecule has 0 unspecified atom stereocenters. The molecular formula is C27H29F3N4O7S. The van der Waals surface area contributed by atoms with Crippen LogP contribution in [0, 0.1) is 17.5 Å². The molecule has 15 heteroatoms. The predicted octanol–water partition coefficient (Wildman–Crippen LogP) is 1.29. The standard InChI is InChI=1S/C27H29F3N4O7S/c1-39-25-22(31-26(38)14-7-15(28)21(30)16(29)8-14)24(37)19(10-35)41-27(25)42-20-12-40-11-18(23(20)36)34-9-17(32-33-34)13-5-3-2-4-6-13/h2-9,18-20,22-25,27,35-37H,10-12H2,1H3,(H,31,38)/t18-,19+,20+,22-,23+,24-,25+,27-/m0/s1. The number of carbonyl (C=O) groups is 1. The molecule has 42 heavy (non-hydrogen) atoms. The molecule has 0 radical (unpaired) electrons. The average molecular weight is 611 g/mol. The Balaban J connectivity index is 1.32. The Kier molecular flexibility index (Phi) is 9.47. The molecule has 0 spiro atoms. The predicted molar refractivity (Wildman–Crippen MR) is 143 cm³/mol. The van der Waals surface area contributed by atoms with Gasteiger partial charge < -0.3 is 34.8 Å². The highest BCUT2D eigenvalue weighted by atomic mass is 32.2. The van der Waals surface area contributed by atoms with Gasteiger partial charge in [0.05, 0.1) is 43.4 Å². The van der Waals surface area contributed by atoms with Gasteiger partial charge in [0, 0.05) is 18.2 Å². The van der Waals surface area contributed by atoms with Crippen molar-refractivity contribution >= 4 is 17.7 Å². The summed E-state index contributed by atoms with van der Waals surface area (Å²) in [5.41, 5.74) is 0.00525. The molecule has 5 rings (SSSR count). The van der Waals surface area contributed by atoms with Crippen LogP contribution in [0.5, 0.6) is 0 Å². The van der Waals surface area contributed by atoms with E-state index in [2.05, 4.69) is 15.6 Å². The van der Waals surface area contributed by atoms with Crippen LogP contribution in [0.15, 0.2) is 48.7 Å². The van der Waals surface area contributed by atoms with Crippen LogP contribution in [-0.4, -0.2) is 104 Å². The van der Waals surface area contributed by atoms with Gasteiger partial charge in [-0.05, 0) is 12.1 Å². The fraction of sp³-hybridized carbons (Fsp3) is 0.444. The molecule has 11 nitrogen and oxygen atoms in total. The SMILES string of the molecule is CO[C@@H]1[C@@H](NC(=O)c2cc(F)c(F)c(F)c2)[C@@H](O)[C@@H](CO)O[C@H]1S[C@@H]1COC[C@H](n2cc(-c3ccccc3)nn2)[C@H]1O. The highest BCUT2D eigenvalue weighted by molar-refractivity contribution is 8.00. The fourth-order valence-electron chi connectivity index (χ4n) is 4.99. The van der Waals surface area contributed by atoms with E-state index in [1.807, 2.05) is 30.3 Å². The van der Waals surface area contributed by atoms with E-state index in [0.717, 1.165) is 17.3 Å². The number of aromatic nitrogens is 3. The Morgan fingerprint density at radius 1 is 1.14 bits per heavy atom. The number of benzene rings is 2. The van der Waals surface area contributed by atoms with E-state index in [-0.39, 0.29) is 13.2 Å². The summed E-state index contributed by atoms with van der Waals surface area (Å²) in [5.74, 6) is -5.84. The molecule has 1 amide bonds. The average Bonchev–Trinajstić information content (AvgIpc) is 3.49. The summed E-state index contributed by atoms with van der Waals surface area (Å²) in [4.78, 5) is 12.9. The minimum atomic E-state index is -1.72. The van der Waals surface area contributed by atoms with Crippen molar-refractivity contribution in [1.82, 2.24) is 20.3 Å². The number of nitrogens with one attached hydrogen (secondary N) is 1. The highest BCUT2D eigenvalue weighted by Crippen LogP contribution is 2.37. The molecule has 226 valence electrons. The molecule has 1 aromatic heterocycles. The summed E-state index contributed by atoms with van der Waals surface area (Å²) in [6.45, 7) is -0.346. The molecule has 3 aromatic rings. The number of hydrogen-bond acceptors (Lipinski definition) is 10. The normalized spacial score (nSPS) is 29.8. The van der Waals surface area contributed by atoms with Crippen LogP contribution in [0.25, 0.3) is 11.3 Å². The van der Waals surface area contributed by atoms with Crippen LogP contribution in [0.4, 0.5) is 13.2 Å². The van der Waals surface area contributed by atoms with E-state index in [0.29, 0.717) is 17.8 Å². The number of aliphatic hydroxyl groups excluding tert-OH is 3. The van der Waals surface area contributed by atoms with Gasteiger partial charge in [0.1, 0.15) is 35.5 Å². The zero-order valence-electron chi connectivity index (χ0n) is 22.2. The van der Waals surface area contributed by atoms with Gasteiger partial charge in [-0.2, -0.15) is 0 Å². The lowest BCUT2D eigenvalue weighted by atomic mass is 9.96. The number of halogens is 3. The van der Waals surface area contributed by atoms with Gasteiger partial charge in [0.15, 0.2) is 17.5 Å². The molecule has 2 saturated heterocycles. The summed E-state index contributed by atoms with van der Waals surface area (Å²) >= 11 is 1.11. The lowest BCUT2D eigenvalue weighted by Gasteiger charge is -2.45. The van der Waals surface area contributed by atoms with Gasteiger partial charge in [-0.25, -0.2) is 17.9 Å². The van der Waals surface area contributed by atoms with E-state index >= 15 is 0 Å². The highest BCUT2D eigenvalue weighted by Gasteiger charge is 2.48. The molecule has 8 atom stereocenters. The minimum absolute atomic E-state index is 0.121. The quantitative estimate of drug-likeness (QED) is 0.275. The monoisotopic (exact) mass is 610 g/mol. The Labute approximate surface area is 242 Å². The number of aliphatic hydroxyl groups is 3. The van der Waals surface area contributed by atoms with Gasteiger partial charge in [-0.3, -0.25) is 4.79 Å². The lowest BCUT2D eigenvalue weighted by molar-refractivity contribution is -0.172. The van der Waals surface area contributed by atoms with Gasteiger partial charge in [0.2, 0.25) is 0 Å². The first-order valence-corrected chi connectivity index (χ1v) is 14.0. The van der Waals surface area contributed by atoms with E-state index in [1.54, 1.807) is 6.20 Å². The first-order chi connectivity index (χ1) is 20.2. The Morgan fingerprint density at radius 2 is 1.86 bits per heavy atom. The number of ether oxygens (including phenoxy) is 3. The second kappa shape index (κ2) is 13.1. The zero-order valence-corrected chi connectivity index (χ0v) is 23.0. The van der Waals surface area contributed by atoms with Crippen LogP contribution in [0.3, 0.4) is 0 Å². The molecular weight excluding hydrogens is 581 g/mol. The van der Waals surface area contributed by atoms with Crippen molar-refractivity contribution in [2.45, 2.75) is 47.2 Å². The number of carbonyl (C=O) groups excluding carboxylic acids is 1. The summed E-state index contributed by atoms with van der Waals surface area (Å²) in [6.07, 6.45) is -2.99. The van der Waals surface area contributed by atoms with Crippen molar-refractivity contribution < 1.29 is 47.5 Å². The van der Waals surface area contributed by atoms with Crippen molar-refractivity contribution in [1.29, 1.82) is 0 Å². The second-order valence-corrected chi connectivity index (χ2v) is 11.2. The molecule has 0 aliphatic carbocycles. The topological polar surface area (TPSA) is 148 Å². The molecule has 2 aromatic carbocycles. The lowest BCUT2D eigenvalue weighted by Crippen LogP contribution is -2.64. The van der Waals surface area contributed by atoms with Crippen LogP contribution < -0.4 is 5.32 Å². The number of amides is 1. The minimum Gasteiger partial charge on any atom is -0.394 e. The third-order valence-electron chi connectivity index (χ3n) is 7.25. The maximum Gasteiger partial charge on any atom is 0.251 e. The van der Waals surface area contributed by atoms with E-state index in [4.69, 9.17) is 14.2 Å². The van der Waals surface area contributed by atoms with Gasteiger partial charge in [-0.1, -0.05) is 35.5 Å². The van der Waals surface area contributed by atoms with Crippen molar-refractivity contribution in [3.63, 3.8) is 0 Å².